The van der Waals surface area contributed by atoms with Gasteiger partial charge >= 0.3 is 0 Å². The van der Waals surface area contributed by atoms with Gasteiger partial charge in [0.2, 0.25) is 30.0 Å². The van der Waals surface area contributed by atoms with Crippen molar-refractivity contribution in [3.05, 3.63) is 101 Å². The number of aldehydes is 2. The number of fused-ring (bicyclic) bond motifs is 2. The minimum absolute atomic E-state index is 0.0156. The van der Waals surface area contributed by atoms with Crippen LogP contribution in [-0.2, 0) is 59.1 Å². The van der Waals surface area contributed by atoms with E-state index in [0.29, 0.717) is 148 Å². The van der Waals surface area contributed by atoms with Crippen LogP contribution < -0.4 is 37.7 Å². The molecule has 23 heteroatoms. The highest BCUT2D eigenvalue weighted by Crippen LogP contribution is 2.36. The first kappa shape index (κ1) is 89.4. The summed E-state index contributed by atoms with van der Waals surface area (Å²) in [7, 11) is 6.51. The van der Waals surface area contributed by atoms with Gasteiger partial charge in [-0.3, -0.25) is 24.0 Å². The molecule has 5 amide bonds. The molecule has 2 aliphatic rings. The number of β-amino-alcohol motifs (C(OH)–C–C–N with tert-alkyl or cyclic N) is 1. The number of nitrogens with zero attached hydrogens (tertiary/aromatic N) is 4. The number of likely N-dealkylation sites (N-methyl/N-ethyl adjacent to an activating group) is 1. The Morgan fingerprint density at radius 3 is 1.70 bits per heavy atom. The highest BCUT2D eigenvalue weighted by atomic mass is 16.6. The van der Waals surface area contributed by atoms with Crippen molar-refractivity contribution in [1.82, 2.24) is 36.1 Å². The van der Waals surface area contributed by atoms with Crippen molar-refractivity contribution in [3.8, 4) is 0 Å². The molecular weight excluding hydrogens is 1200 g/mol. The lowest BCUT2D eigenvalue weighted by molar-refractivity contribution is -0.130. The van der Waals surface area contributed by atoms with E-state index in [4.69, 9.17) is 35.6 Å². The molecule has 1 fully saturated rings. The number of carbonyl (C=O) groups is 7. The number of hydrazine groups is 1. The number of hydrogen-bond donors (Lipinski definition) is 8. The first-order valence-corrected chi connectivity index (χ1v) is 33.5. The van der Waals surface area contributed by atoms with Crippen molar-refractivity contribution < 1.29 is 62.7 Å². The topological polar surface area (TPSA) is 310 Å². The first-order valence-electron chi connectivity index (χ1n) is 33.5. The molecule has 0 radical (unpaired) electrons. The number of likely N-dealkylation sites (tertiary alicyclic amines) is 1. The van der Waals surface area contributed by atoms with Crippen LogP contribution in [0.25, 0.3) is 11.4 Å². The van der Waals surface area contributed by atoms with Crippen molar-refractivity contribution in [2.75, 3.05) is 132 Å². The van der Waals surface area contributed by atoms with Gasteiger partial charge in [-0.05, 0) is 84.1 Å². The molecule has 0 bridgehead atoms. The zero-order valence-corrected chi connectivity index (χ0v) is 58.8. The Labute approximate surface area is 563 Å². The Kier molecular flexibility index (Phi) is 59.4. The second-order valence-electron chi connectivity index (χ2n) is 22.5. The molecule has 23 nitrogen and oxygen atoms in total. The second-order valence-corrected chi connectivity index (χ2v) is 22.5. The molecular formula is C71H122N10O13. The number of nitrogens with two attached hydrogens (primary N) is 2. The van der Waals surface area contributed by atoms with Crippen LogP contribution in [0.15, 0.2) is 78.9 Å². The Bertz CT molecular complexity index is 2420. The van der Waals surface area contributed by atoms with E-state index in [1.54, 1.807) is 21.9 Å². The van der Waals surface area contributed by atoms with Crippen LogP contribution in [0.5, 0.6) is 0 Å². The summed E-state index contributed by atoms with van der Waals surface area (Å²) in [5.74, 6) is 6.79. The Morgan fingerprint density at radius 1 is 0.670 bits per heavy atom. The predicted molar refractivity (Wildman–Crippen MR) is 377 cm³/mol. The highest BCUT2D eigenvalue weighted by Gasteiger charge is 2.26. The number of ether oxygens (including phenoxy) is 4. The number of anilines is 1. The Hall–Kier alpha value is -6.67. The van der Waals surface area contributed by atoms with E-state index in [1.807, 2.05) is 80.8 Å². The highest BCUT2D eigenvalue weighted by molar-refractivity contribution is 5.96. The summed E-state index contributed by atoms with van der Waals surface area (Å²) in [5.41, 5.74) is 12.6. The number of hydrogen-bond acceptors (Lipinski definition) is 18. The Balaban J connectivity index is 0. The average Bonchev–Trinajstić information content (AvgIpc) is 0.877. The molecule has 0 saturated carbocycles. The van der Waals surface area contributed by atoms with Crippen LogP contribution in [0.2, 0.25) is 0 Å². The van der Waals surface area contributed by atoms with E-state index in [0.717, 1.165) is 107 Å². The van der Waals surface area contributed by atoms with E-state index in [9.17, 15) is 38.7 Å². The molecule has 10 N–H and O–H groups in total. The molecule has 3 aromatic rings. The van der Waals surface area contributed by atoms with Gasteiger partial charge in [-0.15, -0.1) is 0 Å². The number of aliphatic hydroxyl groups is 2. The smallest absolute Gasteiger partial charge is 0.222 e. The van der Waals surface area contributed by atoms with E-state index in [1.165, 1.54) is 30.2 Å². The number of rotatable bonds is 39. The number of para-hydroxylation sites is 1. The zero-order valence-electron chi connectivity index (χ0n) is 58.8. The van der Waals surface area contributed by atoms with Crippen LogP contribution in [0, 0.1) is 6.92 Å². The van der Waals surface area contributed by atoms with E-state index >= 15 is 0 Å². The lowest BCUT2D eigenvalue weighted by atomic mass is 9.96. The third-order valence-electron chi connectivity index (χ3n) is 14.3. The first-order chi connectivity index (χ1) is 45.5. The van der Waals surface area contributed by atoms with Crippen LogP contribution in [0.1, 0.15) is 160 Å². The Morgan fingerprint density at radius 2 is 1.20 bits per heavy atom. The number of benzene rings is 3. The maximum atomic E-state index is 12.2. The third kappa shape index (κ3) is 47.2. The predicted octanol–water partition coefficient (Wildman–Crippen LogP) is 7.18. The lowest BCUT2D eigenvalue weighted by Crippen LogP contribution is -2.34. The lowest BCUT2D eigenvalue weighted by Gasteiger charge is -2.31. The van der Waals surface area contributed by atoms with Crippen molar-refractivity contribution in [1.29, 1.82) is 0 Å². The van der Waals surface area contributed by atoms with Gasteiger partial charge in [0.1, 0.15) is 12.6 Å². The van der Waals surface area contributed by atoms with Crippen molar-refractivity contribution in [3.63, 3.8) is 0 Å². The van der Waals surface area contributed by atoms with E-state index in [2.05, 4.69) is 68.0 Å². The molecule has 0 spiro atoms. The van der Waals surface area contributed by atoms with Crippen LogP contribution in [0.4, 0.5) is 5.69 Å². The summed E-state index contributed by atoms with van der Waals surface area (Å²) in [6.07, 6.45) is 15.6. The maximum Gasteiger partial charge on any atom is 0.222 e. The molecule has 534 valence electrons. The number of aryl methyl sites for hydroxylation is 1. The number of aliphatic hydroxyl groups excluding tert-OH is 2. The van der Waals surface area contributed by atoms with Crippen molar-refractivity contribution in [2.24, 2.45) is 11.6 Å². The summed E-state index contributed by atoms with van der Waals surface area (Å²) in [4.78, 5) is 82.5. The molecule has 3 aromatic carbocycles. The fourth-order valence-electron chi connectivity index (χ4n) is 8.58. The van der Waals surface area contributed by atoms with Crippen molar-refractivity contribution >= 4 is 59.7 Å². The zero-order chi connectivity index (χ0) is 70.4. The summed E-state index contributed by atoms with van der Waals surface area (Å²) in [6.45, 7) is 20.2. The van der Waals surface area contributed by atoms with Gasteiger partial charge < -0.3 is 85.5 Å². The molecule has 2 heterocycles. The van der Waals surface area contributed by atoms with Gasteiger partial charge in [0.15, 0.2) is 0 Å². The van der Waals surface area contributed by atoms with E-state index in [-0.39, 0.29) is 36.3 Å². The molecule has 1 saturated heterocycles. The second kappa shape index (κ2) is 62.4. The SMILES string of the molecule is CC(=O)N(C)CC=O.CCCCCC(=O)NCCCCCC(=O)N1CCC(O)C1.CCCCNC.CNC(C)C.CO.Cc1ccccc1.N/C1=C(\N(N)CCCCCC(=O)NCCOCCOCCOCCOCCC=O)c2ccccc2N(C=O)Cc2ccccc21. The van der Waals surface area contributed by atoms with Crippen molar-refractivity contribution in [2.45, 2.75) is 163 Å². The molecule has 5 rings (SSSR count). The molecule has 2 aliphatic heterocycles. The van der Waals surface area contributed by atoms with Gasteiger partial charge in [0.05, 0.1) is 89.1 Å². The molecule has 94 heavy (non-hydrogen) atoms. The summed E-state index contributed by atoms with van der Waals surface area (Å²) >= 11 is 0. The molecule has 0 aliphatic carbocycles. The average molecular weight is 1320 g/mol. The summed E-state index contributed by atoms with van der Waals surface area (Å²) in [6, 6.07) is 26.3. The van der Waals surface area contributed by atoms with Crippen LogP contribution in [-0.4, -0.2) is 207 Å². The fourth-order valence-corrected chi connectivity index (χ4v) is 8.58. The minimum Gasteiger partial charge on any atom is -0.400 e. The van der Waals surface area contributed by atoms with Gasteiger partial charge in [0.25, 0.3) is 0 Å². The van der Waals surface area contributed by atoms with Crippen LogP contribution in [0.3, 0.4) is 0 Å². The van der Waals surface area contributed by atoms with E-state index < -0.39 is 0 Å². The van der Waals surface area contributed by atoms with Gasteiger partial charge in [0, 0.05) is 96.7 Å². The number of carbonyl (C=O) groups excluding carboxylic acids is 7. The summed E-state index contributed by atoms with van der Waals surface area (Å²) in [5, 5.41) is 29.9. The maximum absolute atomic E-state index is 12.2. The van der Waals surface area contributed by atoms with Gasteiger partial charge in [-0.1, -0.05) is 138 Å². The monoisotopic (exact) mass is 1320 g/mol. The molecule has 1 unspecified atom stereocenters. The van der Waals surface area contributed by atoms with Gasteiger partial charge in [-0.25, -0.2) is 5.84 Å². The number of unbranched alkanes of at least 4 members (excludes halogenated alkanes) is 7. The van der Waals surface area contributed by atoms with Crippen LogP contribution >= 0.6 is 0 Å². The standard InChI is InChI=1S/C33H47N5O7.C16H30N2O3.C7H8.C5H9NO2.C5H13N.C4H11N.CH4O/c34-32-28-10-4-3-9-27(28)25-37(26-40)30-12-6-5-11-29(30)33(32)38(35)15-7-1-2-13-31(41)36-14-18-43-20-22-45-24-23-44-21-19-42-17-8-16-39;1-2-3-5-8-15(20)17-11-7-4-6-9-16(21)18-12-10-14(19)13-18;1-7-5-3-2-4-6-7;1-5(8)6(2)3-4-7;1-3-4-5-6-2;1-4(2)5-3;1-2/h3-6,9-12,16,26H,1-2,7-8,13-15,17-25,34-35H2,(H,36,41);14,19H,2-13H2,1H3,(H,17,20);2-6H,1H3;4H,3H2,1-2H3;6H,3-5H2,1-2H3;4-5H,1-3H3;2H,1H3/b33-32-;;;;;;. The number of amides is 5. The largest absolute Gasteiger partial charge is 0.400 e. The normalized spacial score (nSPS) is 13.3. The minimum atomic E-state index is -0.336. The summed E-state index contributed by atoms with van der Waals surface area (Å²) < 4.78 is 21.5. The fraction of sp³-hybridized carbons (Fsp3) is 0.620. The molecule has 0 aromatic heterocycles. The van der Waals surface area contributed by atoms with Gasteiger partial charge in [-0.2, -0.15) is 0 Å². The quantitative estimate of drug-likeness (QED) is 0.0121. The molecule has 1 atom stereocenters. The third-order valence-corrected chi connectivity index (χ3v) is 14.3. The number of nitrogens with one attached hydrogen (secondary N) is 4.